The van der Waals surface area contributed by atoms with Crippen LogP contribution in [0.15, 0.2) is 18.2 Å². The number of nitrogens with zero attached hydrogens (tertiary/aromatic N) is 1. The minimum atomic E-state index is -0.833. The second kappa shape index (κ2) is 6.95. The Balaban J connectivity index is 0.000000359. The molecule has 0 spiro atoms. The predicted octanol–water partition coefficient (Wildman–Crippen LogP) is 2.64. The number of piperidine rings is 1. The minimum Gasteiger partial charge on any atom is -0.508 e. The molecule has 1 aliphatic heterocycles. The van der Waals surface area contributed by atoms with Crippen LogP contribution in [0, 0.1) is 0 Å². The summed E-state index contributed by atoms with van der Waals surface area (Å²) in [5.41, 5.74) is 2.85. The summed E-state index contributed by atoms with van der Waals surface area (Å²) in [7, 11) is 2.23. The zero-order valence-corrected chi connectivity index (χ0v) is 12.7. The topological polar surface area (TPSA) is 60.8 Å². The maximum atomic E-state index is 9.53. The van der Waals surface area contributed by atoms with Gasteiger partial charge in [0.15, 0.2) is 0 Å². The summed E-state index contributed by atoms with van der Waals surface area (Å²) in [6.07, 6.45) is 3.67. The van der Waals surface area contributed by atoms with Gasteiger partial charge in [-0.05, 0) is 62.0 Å². The number of likely N-dealkylation sites (tertiary alicyclic amines) is 1. The van der Waals surface area contributed by atoms with Crippen LogP contribution in [0.5, 0.6) is 5.75 Å². The van der Waals surface area contributed by atoms with E-state index in [-0.39, 0.29) is 12.4 Å². The first-order chi connectivity index (χ1) is 8.97. The van der Waals surface area contributed by atoms with Crippen LogP contribution in [0.4, 0.5) is 0 Å². The second-order valence-electron chi connectivity index (χ2n) is 5.46. The Kier molecular flexibility index (Phi) is 5.84. The molecule has 2 atom stereocenters. The van der Waals surface area contributed by atoms with Crippen molar-refractivity contribution in [1.82, 2.24) is 4.90 Å². The summed E-state index contributed by atoms with van der Waals surface area (Å²) < 4.78 is 0. The zero-order chi connectivity index (χ0) is 14.0. The molecule has 2 N–H and O–H groups in total. The number of benzene rings is 1. The summed E-state index contributed by atoms with van der Waals surface area (Å²) in [5.74, 6) is 0.271. The van der Waals surface area contributed by atoms with E-state index in [0.29, 0.717) is 11.7 Å². The van der Waals surface area contributed by atoms with Gasteiger partial charge >= 0.3 is 0 Å². The third kappa shape index (κ3) is 3.87. The average molecular weight is 300 g/mol. The first-order valence-electron chi connectivity index (χ1n) is 6.69. The monoisotopic (exact) mass is 299 g/mol. The van der Waals surface area contributed by atoms with Crippen LogP contribution in [0.1, 0.15) is 36.8 Å². The lowest BCUT2D eigenvalue weighted by atomic mass is 9.75. The number of aromatic hydroxyl groups is 1. The van der Waals surface area contributed by atoms with Crippen LogP contribution in [0.25, 0.3) is 0 Å². The van der Waals surface area contributed by atoms with Crippen molar-refractivity contribution in [2.75, 3.05) is 13.6 Å². The summed E-state index contributed by atoms with van der Waals surface area (Å²) in [5, 5.41) is 16.9. The van der Waals surface area contributed by atoms with Crippen LogP contribution < -0.4 is 0 Å². The first kappa shape index (κ1) is 16.8. The first-order valence-corrected chi connectivity index (χ1v) is 6.69. The molecule has 1 heterocycles. The van der Waals surface area contributed by atoms with E-state index in [1.807, 2.05) is 12.1 Å². The quantitative estimate of drug-likeness (QED) is 0.773. The number of rotatable bonds is 0. The predicted molar refractivity (Wildman–Crippen MR) is 80.8 cm³/mol. The number of likely N-dealkylation sites (N-methyl/N-ethyl adjacent to an activating group) is 1. The standard InChI is InChI=1S/C13H17NO.C2H4O2.ClH/c1-14-5-4-10-7-11(14)6-9-2-3-12(15)8-13(9)10;1-2(3)4;/h2-3,8,10-11,15H,4-7H2,1H3;1H3,(H,3,4);1H. The number of carboxylic acid groups (broad SMARTS) is 1. The molecule has 2 unspecified atom stereocenters. The molecule has 4 nitrogen and oxygen atoms in total. The van der Waals surface area contributed by atoms with Crippen LogP contribution in [0.3, 0.4) is 0 Å². The Morgan fingerprint density at radius 3 is 2.70 bits per heavy atom. The van der Waals surface area contributed by atoms with Gasteiger partial charge in [0, 0.05) is 13.0 Å². The smallest absolute Gasteiger partial charge is 0.300 e. The molecule has 0 amide bonds. The van der Waals surface area contributed by atoms with Gasteiger partial charge in [0.25, 0.3) is 5.97 Å². The number of fused-ring (bicyclic) bond motifs is 4. The molecule has 1 saturated heterocycles. The van der Waals surface area contributed by atoms with Crippen molar-refractivity contribution in [3.63, 3.8) is 0 Å². The van der Waals surface area contributed by atoms with Crippen molar-refractivity contribution < 1.29 is 15.0 Å². The fourth-order valence-electron chi connectivity index (χ4n) is 3.09. The van der Waals surface area contributed by atoms with Crippen LogP contribution in [0.2, 0.25) is 0 Å². The summed E-state index contributed by atoms with van der Waals surface area (Å²) >= 11 is 0. The van der Waals surface area contributed by atoms with Crippen molar-refractivity contribution in [2.24, 2.45) is 0 Å². The van der Waals surface area contributed by atoms with E-state index in [0.717, 1.165) is 19.4 Å². The van der Waals surface area contributed by atoms with E-state index < -0.39 is 5.97 Å². The van der Waals surface area contributed by atoms with E-state index in [4.69, 9.17) is 9.90 Å². The molecule has 1 aromatic carbocycles. The van der Waals surface area contributed by atoms with E-state index in [2.05, 4.69) is 18.0 Å². The summed E-state index contributed by atoms with van der Waals surface area (Å²) in [6, 6.07) is 6.62. The van der Waals surface area contributed by atoms with Gasteiger partial charge in [-0.2, -0.15) is 0 Å². The van der Waals surface area contributed by atoms with Gasteiger partial charge in [-0.1, -0.05) is 6.07 Å². The molecule has 3 rings (SSSR count). The van der Waals surface area contributed by atoms with Crippen molar-refractivity contribution in [3.8, 4) is 5.75 Å². The number of aliphatic carboxylic acids is 1. The fourth-order valence-corrected chi connectivity index (χ4v) is 3.09. The third-order valence-electron chi connectivity index (χ3n) is 4.04. The Bertz CT molecular complexity index is 474. The number of hydrogen-bond donors (Lipinski definition) is 2. The molecule has 20 heavy (non-hydrogen) atoms. The van der Waals surface area contributed by atoms with Gasteiger partial charge in [-0.25, -0.2) is 0 Å². The van der Waals surface area contributed by atoms with Crippen molar-refractivity contribution >= 4 is 18.4 Å². The second-order valence-corrected chi connectivity index (χ2v) is 5.46. The van der Waals surface area contributed by atoms with Gasteiger partial charge in [-0.3, -0.25) is 4.79 Å². The van der Waals surface area contributed by atoms with E-state index in [1.54, 1.807) is 0 Å². The van der Waals surface area contributed by atoms with Gasteiger partial charge in [0.2, 0.25) is 0 Å². The van der Waals surface area contributed by atoms with E-state index in [1.165, 1.54) is 30.5 Å². The normalized spacial score (nSPS) is 23.7. The molecule has 1 fully saturated rings. The molecule has 5 heteroatoms. The fraction of sp³-hybridized carbons (Fsp3) is 0.533. The Morgan fingerprint density at radius 2 is 2.05 bits per heavy atom. The molecular weight excluding hydrogens is 278 g/mol. The molecule has 112 valence electrons. The number of phenols is 1. The minimum absolute atomic E-state index is 0. The van der Waals surface area contributed by atoms with Crippen LogP contribution in [-0.4, -0.2) is 40.7 Å². The Morgan fingerprint density at radius 1 is 1.40 bits per heavy atom. The van der Waals surface area contributed by atoms with Crippen molar-refractivity contribution in [2.45, 2.75) is 38.1 Å². The Labute approximate surface area is 125 Å². The molecule has 0 radical (unpaired) electrons. The van der Waals surface area contributed by atoms with Crippen molar-refractivity contribution in [3.05, 3.63) is 29.3 Å². The van der Waals surface area contributed by atoms with Gasteiger partial charge in [0.1, 0.15) is 5.75 Å². The molecule has 0 saturated carbocycles. The summed E-state index contributed by atoms with van der Waals surface area (Å²) in [6.45, 7) is 2.28. The highest BCUT2D eigenvalue weighted by molar-refractivity contribution is 5.85. The zero-order valence-electron chi connectivity index (χ0n) is 11.9. The highest BCUT2D eigenvalue weighted by atomic mass is 35.5. The molecule has 2 aliphatic rings. The Hall–Kier alpha value is -1.26. The number of carbonyl (C=O) groups is 1. The average Bonchev–Trinajstić information content (AvgIpc) is 2.34. The number of carboxylic acids is 1. The van der Waals surface area contributed by atoms with Gasteiger partial charge in [0.05, 0.1) is 0 Å². The number of hydrogen-bond acceptors (Lipinski definition) is 3. The summed E-state index contributed by atoms with van der Waals surface area (Å²) in [4.78, 5) is 11.5. The largest absolute Gasteiger partial charge is 0.508 e. The van der Waals surface area contributed by atoms with E-state index >= 15 is 0 Å². The lowest BCUT2D eigenvalue weighted by Crippen LogP contribution is -2.43. The molecule has 1 aromatic rings. The maximum Gasteiger partial charge on any atom is 0.300 e. The third-order valence-corrected chi connectivity index (χ3v) is 4.04. The van der Waals surface area contributed by atoms with Gasteiger partial charge < -0.3 is 15.1 Å². The highest BCUT2D eigenvalue weighted by Crippen LogP contribution is 2.40. The van der Waals surface area contributed by atoms with Crippen LogP contribution >= 0.6 is 12.4 Å². The van der Waals surface area contributed by atoms with Gasteiger partial charge in [-0.15, -0.1) is 12.4 Å². The van der Waals surface area contributed by atoms with Crippen LogP contribution in [-0.2, 0) is 11.2 Å². The van der Waals surface area contributed by atoms with E-state index in [9.17, 15) is 5.11 Å². The highest BCUT2D eigenvalue weighted by Gasteiger charge is 2.33. The molecule has 1 aliphatic carbocycles. The molecule has 2 bridgehead atoms. The number of halogens is 1. The molecule has 0 aromatic heterocycles. The number of phenolic OH excluding ortho intramolecular Hbond substituents is 1. The lowest BCUT2D eigenvalue weighted by molar-refractivity contribution is -0.134. The lowest BCUT2D eigenvalue weighted by Gasteiger charge is -2.42. The molecular formula is C15H22ClNO3. The SMILES string of the molecule is CC(=O)O.CN1CCC2CC1Cc1ccc(O)cc12.Cl. The maximum absolute atomic E-state index is 9.53. The van der Waals surface area contributed by atoms with Crippen molar-refractivity contribution in [1.29, 1.82) is 0 Å².